The Morgan fingerprint density at radius 2 is 2.21 bits per heavy atom. The van der Waals surface area contributed by atoms with E-state index in [1.165, 1.54) is 0 Å². The highest BCUT2D eigenvalue weighted by Gasteiger charge is 1.98. The van der Waals surface area contributed by atoms with E-state index in [2.05, 4.69) is 0 Å². The van der Waals surface area contributed by atoms with Crippen molar-refractivity contribution in [1.29, 1.82) is 0 Å². The van der Waals surface area contributed by atoms with Crippen molar-refractivity contribution in [1.82, 2.24) is 0 Å². The molecule has 0 unspecified atom stereocenters. The molecule has 1 aromatic carbocycles. The van der Waals surface area contributed by atoms with Gasteiger partial charge in [-0.2, -0.15) is 0 Å². The molecule has 0 radical (unpaired) electrons. The summed E-state index contributed by atoms with van der Waals surface area (Å²) in [5.41, 5.74) is 6.26. The van der Waals surface area contributed by atoms with Crippen molar-refractivity contribution in [2.24, 2.45) is 5.73 Å². The molecule has 2 aromatic rings. The summed E-state index contributed by atoms with van der Waals surface area (Å²) in [6.07, 6.45) is 2.55. The smallest absolute Gasteiger partial charge is 0.134 e. The van der Waals surface area contributed by atoms with E-state index in [-0.39, 0.29) is 0 Å². The molecular weight excluding hydrogens is 178 g/mol. The quantitative estimate of drug-likeness (QED) is 0.753. The minimum absolute atomic E-state index is 0.661. The van der Waals surface area contributed by atoms with Crippen LogP contribution in [-0.2, 0) is 0 Å². The minimum Gasteiger partial charge on any atom is -0.494 e. The van der Waals surface area contributed by atoms with Crippen molar-refractivity contribution in [3.63, 3.8) is 0 Å². The van der Waals surface area contributed by atoms with Crippen LogP contribution in [0.3, 0.4) is 0 Å². The van der Waals surface area contributed by atoms with Crippen molar-refractivity contribution in [3.05, 3.63) is 30.5 Å². The predicted octanol–water partition coefficient (Wildman–Crippen LogP) is 2.16. The zero-order valence-corrected chi connectivity index (χ0v) is 7.90. The van der Waals surface area contributed by atoms with Crippen LogP contribution in [0, 0.1) is 0 Å². The van der Waals surface area contributed by atoms with Crippen LogP contribution in [0.1, 0.15) is 6.42 Å². The predicted molar refractivity (Wildman–Crippen MR) is 55.4 cm³/mol. The van der Waals surface area contributed by atoms with E-state index in [4.69, 9.17) is 14.9 Å². The van der Waals surface area contributed by atoms with Crippen LogP contribution >= 0.6 is 0 Å². The van der Waals surface area contributed by atoms with Crippen LogP contribution in [0.5, 0.6) is 5.75 Å². The molecule has 1 heterocycles. The largest absolute Gasteiger partial charge is 0.494 e. The zero-order chi connectivity index (χ0) is 9.80. The number of fused-ring (bicyclic) bond motifs is 1. The molecule has 0 spiro atoms. The van der Waals surface area contributed by atoms with Gasteiger partial charge in [0.25, 0.3) is 0 Å². The monoisotopic (exact) mass is 191 g/mol. The van der Waals surface area contributed by atoms with Crippen molar-refractivity contribution in [2.45, 2.75) is 6.42 Å². The first-order valence-electron chi connectivity index (χ1n) is 4.70. The van der Waals surface area contributed by atoms with Crippen LogP contribution in [0.2, 0.25) is 0 Å². The van der Waals surface area contributed by atoms with Gasteiger partial charge in [-0.1, -0.05) is 0 Å². The number of hydrogen-bond donors (Lipinski definition) is 1. The molecule has 0 saturated heterocycles. The molecule has 14 heavy (non-hydrogen) atoms. The summed E-state index contributed by atoms with van der Waals surface area (Å²) in [6.45, 7) is 1.33. The lowest BCUT2D eigenvalue weighted by atomic mass is 10.2. The highest BCUT2D eigenvalue weighted by Crippen LogP contribution is 2.21. The fraction of sp³-hybridized carbons (Fsp3) is 0.273. The Kier molecular flexibility index (Phi) is 2.70. The number of furan rings is 1. The van der Waals surface area contributed by atoms with Gasteiger partial charge < -0.3 is 14.9 Å². The molecule has 74 valence electrons. The second-order valence-corrected chi connectivity index (χ2v) is 3.11. The van der Waals surface area contributed by atoms with Crippen LogP contribution in [-0.4, -0.2) is 13.2 Å². The summed E-state index contributed by atoms with van der Waals surface area (Å²) in [7, 11) is 0. The van der Waals surface area contributed by atoms with E-state index < -0.39 is 0 Å². The van der Waals surface area contributed by atoms with Gasteiger partial charge in [0, 0.05) is 5.39 Å². The van der Waals surface area contributed by atoms with E-state index >= 15 is 0 Å². The van der Waals surface area contributed by atoms with Crippen LogP contribution < -0.4 is 10.5 Å². The van der Waals surface area contributed by atoms with Crippen LogP contribution in [0.15, 0.2) is 34.9 Å². The molecule has 3 heteroatoms. The summed E-state index contributed by atoms with van der Waals surface area (Å²) in [4.78, 5) is 0. The van der Waals surface area contributed by atoms with Crippen molar-refractivity contribution in [3.8, 4) is 5.75 Å². The highest BCUT2D eigenvalue weighted by molar-refractivity contribution is 5.78. The van der Waals surface area contributed by atoms with Crippen LogP contribution in [0.25, 0.3) is 11.0 Å². The van der Waals surface area contributed by atoms with Crippen molar-refractivity contribution < 1.29 is 9.15 Å². The summed E-state index contributed by atoms with van der Waals surface area (Å²) < 4.78 is 10.7. The topological polar surface area (TPSA) is 48.4 Å². The first kappa shape index (κ1) is 9.09. The van der Waals surface area contributed by atoms with Gasteiger partial charge in [0.05, 0.1) is 12.9 Å². The zero-order valence-electron chi connectivity index (χ0n) is 7.90. The molecule has 0 atom stereocenters. The number of ether oxygens (including phenoxy) is 1. The Morgan fingerprint density at radius 3 is 3.07 bits per heavy atom. The van der Waals surface area contributed by atoms with E-state index in [9.17, 15) is 0 Å². The Hall–Kier alpha value is -1.48. The maximum Gasteiger partial charge on any atom is 0.134 e. The maximum atomic E-state index is 5.50. The molecule has 0 aliphatic rings. The lowest BCUT2D eigenvalue weighted by molar-refractivity contribution is 0.314. The highest BCUT2D eigenvalue weighted by atomic mass is 16.5. The van der Waals surface area contributed by atoms with E-state index in [0.717, 1.165) is 23.1 Å². The average molecular weight is 191 g/mol. The third-order valence-electron chi connectivity index (χ3n) is 2.04. The van der Waals surface area contributed by atoms with Gasteiger partial charge in [0.2, 0.25) is 0 Å². The van der Waals surface area contributed by atoms with Gasteiger partial charge in [-0.15, -0.1) is 0 Å². The molecule has 0 amide bonds. The first-order valence-corrected chi connectivity index (χ1v) is 4.70. The van der Waals surface area contributed by atoms with E-state index in [1.54, 1.807) is 6.26 Å². The fourth-order valence-electron chi connectivity index (χ4n) is 1.31. The summed E-state index contributed by atoms with van der Waals surface area (Å²) in [5.74, 6) is 0.868. The lowest BCUT2D eigenvalue weighted by Gasteiger charge is -2.04. The second kappa shape index (κ2) is 4.15. The maximum absolute atomic E-state index is 5.50. The summed E-state index contributed by atoms with van der Waals surface area (Å²) in [5, 5.41) is 1.07. The van der Waals surface area contributed by atoms with Gasteiger partial charge in [0.1, 0.15) is 11.3 Å². The Balaban J connectivity index is 2.10. The van der Waals surface area contributed by atoms with Crippen molar-refractivity contribution in [2.75, 3.05) is 13.2 Å². The molecule has 2 rings (SSSR count). The average Bonchev–Trinajstić information content (AvgIpc) is 2.65. The molecule has 3 nitrogen and oxygen atoms in total. The number of nitrogens with two attached hydrogens (primary N) is 1. The minimum atomic E-state index is 0.661. The van der Waals surface area contributed by atoms with Gasteiger partial charge >= 0.3 is 0 Å². The number of hydrogen-bond acceptors (Lipinski definition) is 3. The SMILES string of the molecule is NCCCOc1ccc2occc2c1. The van der Waals surface area contributed by atoms with Gasteiger partial charge in [-0.25, -0.2) is 0 Å². The molecule has 0 bridgehead atoms. The normalized spacial score (nSPS) is 10.6. The molecular formula is C11H13NO2. The van der Waals surface area contributed by atoms with E-state index in [0.29, 0.717) is 13.2 Å². The first-order chi connectivity index (χ1) is 6.90. The van der Waals surface area contributed by atoms with Gasteiger partial charge in [0.15, 0.2) is 0 Å². The van der Waals surface area contributed by atoms with Crippen LogP contribution in [0.4, 0.5) is 0 Å². The third-order valence-corrected chi connectivity index (χ3v) is 2.04. The number of benzene rings is 1. The Labute approximate surface area is 82.5 Å². The Bertz CT molecular complexity index is 408. The lowest BCUT2D eigenvalue weighted by Crippen LogP contribution is -2.05. The molecule has 0 aliphatic carbocycles. The summed E-state index contributed by atoms with van der Waals surface area (Å²) >= 11 is 0. The van der Waals surface area contributed by atoms with Crippen molar-refractivity contribution >= 4 is 11.0 Å². The molecule has 0 fully saturated rings. The Morgan fingerprint density at radius 1 is 1.29 bits per heavy atom. The molecule has 2 N–H and O–H groups in total. The molecule has 1 aromatic heterocycles. The number of rotatable bonds is 4. The molecule has 0 saturated carbocycles. The van der Waals surface area contributed by atoms with Gasteiger partial charge in [-0.05, 0) is 37.2 Å². The summed E-state index contributed by atoms with van der Waals surface area (Å²) in [6, 6.07) is 7.70. The van der Waals surface area contributed by atoms with Gasteiger partial charge in [-0.3, -0.25) is 0 Å². The standard InChI is InChI=1S/C11H13NO2/c12-5-1-6-13-10-2-3-11-9(8-10)4-7-14-11/h2-4,7-8H,1,5-6,12H2. The second-order valence-electron chi connectivity index (χ2n) is 3.11. The van der Waals surface area contributed by atoms with E-state index in [1.807, 2.05) is 24.3 Å². The third kappa shape index (κ3) is 1.88. The molecule has 0 aliphatic heterocycles. The fourth-order valence-corrected chi connectivity index (χ4v) is 1.31.